The third kappa shape index (κ3) is 4.43. The number of anilines is 1. The molecule has 0 unspecified atom stereocenters. The summed E-state index contributed by atoms with van der Waals surface area (Å²) in [6, 6.07) is 32.8. The Balaban J connectivity index is 1.37. The van der Waals surface area contributed by atoms with Crippen LogP contribution in [0.2, 0.25) is 0 Å². The van der Waals surface area contributed by atoms with E-state index in [0.717, 1.165) is 55.2 Å². The smallest absolute Gasteiger partial charge is 0.269 e. The first-order valence-corrected chi connectivity index (χ1v) is 13.5. The Morgan fingerprint density at radius 3 is 2.51 bits per heavy atom. The Bertz CT molecular complexity index is 2070. The normalized spacial score (nSPS) is 11.3. The Hall–Kier alpha value is -5.56. The topological polar surface area (TPSA) is 98.7 Å². The highest BCUT2D eigenvalue weighted by molar-refractivity contribution is 6.16. The molecule has 0 aliphatic heterocycles. The standard InChI is InChI=1S/C34H26N6O/c35-34(41)33-29(37-17-15-24-9-5-6-16-36-24)19-25(21-39-33)40-30-13-4-2-10-27(30)32-26(11-7-14-31(32)40)23-18-22-8-1-3-12-28(22)38-20-23/h1-14,16,18-21,37H,15,17H2,(H2,35,41). The first-order chi connectivity index (χ1) is 20.2. The molecule has 7 aromatic rings. The number of primary amides is 1. The fourth-order valence-electron chi connectivity index (χ4n) is 5.53. The molecule has 0 radical (unpaired) electrons. The minimum Gasteiger partial charge on any atom is -0.383 e. The van der Waals surface area contributed by atoms with E-state index in [2.05, 4.69) is 68.4 Å². The molecular formula is C34H26N6O. The highest BCUT2D eigenvalue weighted by atomic mass is 16.1. The minimum absolute atomic E-state index is 0.207. The number of pyridine rings is 3. The van der Waals surface area contributed by atoms with E-state index in [1.807, 2.05) is 54.7 Å². The van der Waals surface area contributed by atoms with Crippen molar-refractivity contribution in [2.24, 2.45) is 5.73 Å². The van der Waals surface area contributed by atoms with Gasteiger partial charge in [0.1, 0.15) is 0 Å². The van der Waals surface area contributed by atoms with Crippen LogP contribution in [-0.4, -0.2) is 32.0 Å². The third-order valence-electron chi connectivity index (χ3n) is 7.39. The summed E-state index contributed by atoms with van der Waals surface area (Å²) in [5.74, 6) is -0.579. The van der Waals surface area contributed by atoms with Crippen LogP contribution in [-0.2, 0) is 6.42 Å². The lowest BCUT2D eigenvalue weighted by atomic mass is 9.99. The quantitative estimate of drug-likeness (QED) is 0.242. The molecular weight excluding hydrogens is 508 g/mol. The van der Waals surface area contributed by atoms with Gasteiger partial charge in [-0.2, -0.15) is 0 Å². The third-order valence-corrected chi connectivity index (χ3v) is 7.39. The molecule has 7 nitrogen and oxygen atoms in total. The summed E-state index contributed by atoms with van der Waals surface area (Å²) in [5.41, 5.74) is 13.5. The van der Waals surface area contributed by atoms with Crippen LogP contribution in [0.3, 0.4) is 0 Å². The van der Waals surface area contributed by atoms with Crippen molar-refractivity contribution in [3.63, 3.8) is 0 Å². The van der Waals surface area contributed by atoms with Crippen molar-refractivity contribution < 1.29 is 4.79 Å². The number of carbonyl (C=O) groups excluding carboxylic acids is 1. The van der Waals surface area contributed by atoms with Gasteiger partial charge in [0.25, 0.3) is 5.91 Å². The molecule has 3 N–H and O–H groups in total. The van der Waals surface area contributed by atoms with Crippen molar-refractivity contribution in [2.45, 2.75) is 6.42 Å². The van der Waals surface area contributed by atoms with Crippen molar-refractivity contribution in [1.82, 2.24) is 19.5 Å². The van der Waals surface area contributed by atoms with Crippen LogP contribution in [0.5, 0.6) is 0 Å². The number of para-hydroxylation sites is 2. The number of nitrogens with zero attached hydrogens (tertiary/aromatic N) is 4. The number of rotatable bonds is 7. The van der Waals surface area contributed by atoms with E-state index in [-0.39, 0.29) is 5.69 Å². The van der Waals surface area contributed by atoms with Crippen molar-refractivity contribution in [2.75, 3.05) is 11.9 Å². The van der Waals surface area contributed by atoms with E-state index < -0.39 is 5.91 Å². The number of fused-ring (bicyclic) bond motifs is 4. The predicted octanol–water partition coefficient (Wildman–Crippen LogP) is 6.54. The Morgan fingerprint density at radius 2 is 1.63 bits per heavy atom. The van der Waals surface area contributed by atoms with E-state index in [1.165, 1.54) is 0 Å². The molecule has 0 atom stereocenters. The monoisotopic (exact) mass is 534 g/mol. The zero-order chi connectivity index (χ0) is 27.8. The largest absolute Gasteiger partial charge is 0.383 e. The number of hydrogen-bond acceptors (Lipinski definition) is 5. The van der Waals surface area contributed by atoms with E-state index in [1.54, 1.807) is 12.4 Å². The molecule has 0 saturated carbocycles. The Morgan fingerprint density at radius 1 is 0.805 bits per heavy atom. The fourth-order valence-corrected chi connectivity index (χ4v) is 5.53. The van der Waals surface area contributed by atoms with Crippen LogP contribution < -0.4 is 11.1 Å². The number of nitrogens with one attached hydrogen (secondary N) is 1. The van der Waals surface area contributed by atoms with Gasteiger partial charge >= 0.3 is 0 Å². The van der Waals surface area contributed by atoms with Crippen molar-refractivity contribution in [3.8, 4) is 16.8 Å². The molecule has 3 aromatic carbocycles. The maximum atomic E-state index is 12.3. The summed E-state index contributed by atoms with van der Waals surface area (Å²) in [6.07, 6.45) is 6.12. The van der Waals surface area contributed by atoms with Gasteiger partial charge in [0.2, 0.25) is 0 Å². The second-order valence-electron chi connectivity index (χ2n) is 9.92. The first-order valence-electron chi connectivity index (χ1n) is 13.5. The molecule has 7 heteroatoms. The maximum absolute atomic E-state index is 12.3. The lowest BCUT2D eigenvalue weighted by molar-refractivity contribution is 0.0996. The molecule has 41 heavy (non-hydrogen) atoms. The van der Waals surface area contributed by atoms with Gasteiger partial charge in [0, 0.05) is 52.8 Å². The van der Waals surface area contributed by atoms with E-state index in [0.29, 0.717) is 18.7 Å². The summed E-state index contributed by atoms with van der Waals surface area (Å²) in [5, 5.41) is 6.72. The molecule has 1 amide bonds. The number of hydrogen-bond donors (Lipinski definition) is 2. The Labute approximate surface area is 236 Å². The number of carbonyl (C=O) groups is 1. The van der Waals surface area contributed by atoms with Crippen LogP contribution in [0, 0.1) is 0 Å². The van der Waals surface area contributed by atoms with Crippen molar-refractivity contribution in [1.29, 1.82) is 0 Å². The second-order valence-corrected chi connectivity index (χ2v) is 9.92. The van der Waals surface area contributed by atoms with Gasteiger partial charge < -0.3 is 15.6 Å². The van der Waals surface area contributed by atoms with Gasteiger partial charge in [-0.05, 0) is 48.0 Å². The summed E-state index contributed by atoms with van der Waals surface area (Å²) in [7, 11) is 0. The molecule has 4 heterocycles. The van der Waals surface area contributed by atoms with Gasteiger partial charge in [0.05, 0.1) is 34.1 Å². The molecule has 0 saturated heterocycles. The fraction of sp³-hybridized carbons (Fsp3) is 0.0588. The Kier molecular flexibility index (Phi) is 6.09. The number of nitrogens with two attached hydrogens (primary N) is 1. The van der Waals surface area contributed by atoms with Crippen LogP contribution in [0.25, 0.3) is 49.5 Å². The summed E-state index contributed by atoms with van der Waals surface area (Å²) < 4.78 is 2.18. The van der Waals surface area contributed by atoms with Gasteiger partial charge in [-0.3, -0.25) is 14.8 Å². The van der Waals surface area contributed by atoms with Crippen molar-refractivity contribution in [3.05, 3.63) is 127 Å². The molecule has 4 aromatic heterocycles. The molecule has 0 bridgehead atoms. The van der Waals surface area contributed by atoms with E-state index in [9.17, 15) is 4.79 Å². The lowest BCUT2D eigenvalue weighted by Gasteiger charge is -2.14. The van der Waals surface area contributed by atoms with Crippen LogP contribution >= 0.6 is 0 Å². The molecule has 7 rings (SSSR count). The SMILES string of the molecule is NC(=O)c1ncc(-n2c3ccccc3c3c(-c4cnc5ccccc5c4)cccc32)cc1NCCc1ccccn1. The minimum atomic E-state index is -0.579. The molecule has 198 valence electrons. The molecule has 0 fully saturated rings. The number of aromatic nitrogens is 4. The second kappa shape index (κ2) is 10.2. The van der Waals surface area contributed by atoms with Crippen molar-refractivity contribution >= 4 is 44.3 Å². The molecule has 0 aliphatic rings. The highest BCUT2D eigenvalue weighted by Gasteiger charge is 2.18. The van der Waals surface area contributed by atoms with Gasteiger partial charge in [0.15, 0.2) is 5.69 Å². The molecule has 0 spiro atoms. The summed E-state index contributed by atoms with van der Waals surface area (Å²) in [6.45, 7) is 0.578. The van der Waals surface area contributed by atoms with Gasteiger partial charge in [-0.1, -0.05) is 54.6 Å². The first kappa shape index (κ1) is 24.5. The number of benzene rings is 3. The van der Waals surface area contributed by atoms with Gasteiger partial charge in [-0.25, -0.2) is 4.98 Å². The zero-order valence-electron chi connectivity index (χ0n) is 22.2. The molecule has 0 aliphatic carbocycles. The zero-order valence-corrected chi connectivity index (χ0v) is 22.2. The summed E-state index contributed by atoms with van der Waals surface area (Å²) >= 11 is 0. The highest BCUT2D eigenvalue weighted by Crippen LogP contribution is 2.39. The average Bonchev–Trinajstić information content (AvgIpc) is 3.36. The number of amides is 1. The van der Waals surface area contributed by atoms with Crippen LogP contribution in [0.4, 0.5) is 5.69 Å². The maximum Gasteiger partial charge on any atom is 0.269 e. The summed E-state index contributed by atoms with van der Waals surface area (Å²) in [4.78, 5) is 25.9. The van der Waals surface area contributed by atoms with E-state index >= 15 is 0 Å². The lowest BCUT2D eigenvalue weighted by Crippen LogP contribution is -2.18. The van der Waals surface area contributed by atoms with Crippen LogP contribution in [0.1, 0.15) is 16.2 Å². The predicted molar refractivity (Wildman–Crippen MR) is 164 cm³/mol. The average molecular weight is 535 g/mol. The van der Waals surface area contributed by atoms with Gasteiger partial charge in [-0.15, -0.1) is 0 Å². The van der Waals surface area contributed by atoms with Crippen LogP contribution in [0.15, 0.2) is 116 Å². The van der Waals surface area contributed by atoms with E-state index in [4.69, 9.17) is 10.7 Å².